The van der Waals surface area contributed by atoms with E-state index in [0.29, 0.717) is 0 Å². The lowest BCUT2D eigenvalue weighted by molar-refractivity contribution is 0.669. The van der Waals surface area contributed by atoms with Crippen LogP contribution in [-0.2, 0) is 0 Å². The van der Waals surface area contributed by atoms with Crippen molar-refractivity contribution in [3.63, 3.8) is 0 Å². The summed E-state index contributed by atoms with van der Waals surface area (Å²) in [6.45, 7) is 0. The molecule has 0 saturated heterocycles. The topological polar surface area (TPSA) is 16.4 Å². The average molecular weight is 700 g/mol. The van der Waals surface area contributed by atoms with Gasteiger partial charge in [-0.1, -0.05) is 109 Å². The van der Waals surface area contributed by atoms with Crippen LogP contribution in [-0.4, -0.2) is 0 Å². The van der Waals surface area contributed by atoms with Gasteiger partial charge in [0.2, 0.25) is 0 Å². The fraction of sp³-hybridized carbons (Fsp3) is 0. The number of fused-ring (bicyclic) bond motifs is 9. The van der Waals surface area contributed by atoms with Crippen LogP contribution < -0.4 is 4.90 Å². The molecule has 0 fully saturated rings. The second-order valence-corrected chi connectivity index (χ2v) is 15.4. The molecule has 3 aromatic heterocycles. The van der Waals surface area contributed by atoms with E-state index in [2.05, 4.69) is 169 Å². The molecule has 52 heavy (non-hydrogen) atoms. The van der Waals surface area contributed by atoms with Crippen molar-refractivity contribution in [1.29, 1.82) is 0 Å². The average Bonchev–Trinajstić information content (AvgIpc) is 3.90. The monoisotopic (exact) mass is 699 g/mol. The van der Waals surface area contributed by atoms with Gasteiger partial charge in [-0.15, -0.1) is 22.7 Å². The van der Waals surface area contributed by atoms with Gasteiger partial charge in [-0.25, -0.2) is 0 Å². The first kappa shape index (κ1) is 29.5. The summed E-state index contributed by atoms with van der Waals surface area (Å²) in [5.74, 6) is 0. The Morgan fingerprint density at radius 3 is 1.92 bits per heavy atom. The third-order valence-electron chi connectivity index (χ3n) is 10.3. The molecule has 3 heterocycles. The van der Waals surface area contributed by atoms with Crippen molar-refractivity contribution in [2.75, 3.05) is 4.90 Å². The lowest BCUT2D eigenvalue weighted by Gasteiger charge is -2.27. The van der Waals surface area contributed by atoms with Gasteiger partial charge in [0.05, 0.1) is 5.69 Å². The van der Waals surface area contributed by atoms with Crippen LogP contribution in [0.4, 0.5) is 17.1 Å². The highest BCUT2D eigenvalue weighted by molar-refractivity contribution is 7.26. The van der Waals surface area contributed by atoms with Crippen molar-refractivity contribution in [2.45, 2.75) is 0 Å². The fourth-order valence-corrected chi connectivity index (χ4v) is 10.3. The van der Waals surface area contributed by atoms with Gasteiger partial charge in [0.25, 0.3) is 0 Å². The van der Waals surface area contributed by atoms with Gasteiger partial charge in [0.1, 0.15) is 11.2 Å². The summed E-state index contributed by atoms with van der Waals surface area (Å²) in [5, 5.41) is 7.41. The minimum atomic E-state index is 0.907. The molecule has 11 aromatic rings. The summed E-state index contributed by atoms with van der Waals surface area (Å²) < 4.78 is 11.5. The molecule has 0 radical (unpaired) electrons. The third-order valence-corrected chi connectivity index (χ3v) is 12.6. The third kappa shape index (κ3) is 4.55. The second kappa shape index (κ2) is 11.7. The van der Waals surface area contributed by atoms with Crippen molar-refractivity contribution >= 4 is 102 Å². The molecule has 0 unspecified atom stereocenters. The molecule has 0 N–H and O–H groups in total. The molecule has 0 bridgehead atoms. The molecule has 0 amide bonds. The maximum absolute atomic E-state index is 6.34. The minimum absolute atomic E-state index is 0.907. The van der Waals surface area contributed by atoms with Crippen LogP contribution in [0, 0.1) is 0 Å². The van der Waals surface area contributed by atoms with Gasteiger partial charge < -0.3 is 9.32 Å². The highest BCUT2D eigenvalue weighted by Gasteiger charge is 2.23. The van der Waals surface area contributed by atoms with E-state index < -0.39 is 0 Å². The number of thiophene rings is 2. The number of nitrogens with zero attached hydrogens (tertiary/aromatic N) is 1. The lowest BCUT2D eigenvalue weighted by atomic mass is 9.92. The van der Waals surface area contributed by atoms with Crippen LogP contribution in [0.1, 0.15) is 0 Å². The van der Waals surface area contributed by atoms with Gasteiger partial charge in [-0.05, 0) is 83.4 Å². The molecule has 4 heteroatoms. The number of anilines is 3. The van der Waals surface area contributed by atoms with Crippen LogP contribution in [0.25, 0.3) is 84.5 Å². The number of hydrogen-bond donors (Lipinski definition) is 0. The van der Waals surface area contributed by atoms with Crippen molar-refractivity contribution < 1.29 is 4.42 Å². The molecular formula is C48H29NOS2. The van der Waals surface area contributed by atoms with E-state index in [-0.39, 0.29) is 0 Å². The Labute approximate surface area is 308 Å². The largest absolute Gasteiger partial charge is 0.456 e. The number of furan rings is 1. The maximum Gasteiger partial charge on any atom is 0.136 e. The van der Waals surface area contributed by atoms with Crippen molar-refractivity contribution in [2.24, 2.45) is 0 Å². The summed E-state index contributed by atoms with van der Waals surface area (Å²) in [5.41, 5.74) is 10.0. The summed E-state index contributed by atoms with van der Waals surface area (Å²) in [6.07, 6.45) is 0. The van der Waals surface area contributed by atoms with Crippen LogP contribution in [0.15, 0.2) is 180 Å². The summed E-state index contributed by atoms with van der Waals surface area (Å²) in [7, 11) is 0. The van der Waals surface area contributed by atoms with E-state index in [1.165, 1.54) is 62.7 Å². The smallest absolute Gasteiger partial charge is 0.136 e. The first-order valence-corrected chi connectivity index (χ1v) is 19.1. The van der Waals surface area contributed by atoms with E-state index in [9.17, 15) is 0 Å². The zero-order valence-electron chi connectivity index (χ0n) is 27.9. The molecule has 0 spiro atoms. The maximum atomic E-state index is 6.34. The Morgan fingerprint density at radius 2 is 1.06 bits per heavy atom. The molecular weight excluding hydrogens is 671 g/mol. The Kier molecular flexibility index (Phi) is 6.63. The summed E-state index contributed by atoms with van der Waals surface area (Å²) in [6, 6.07) is 63.7. The quantitative estimate of drug-likeness (QED) is 0.178. The lowest BCUT2D eigenvalue weighted by Crippen LogP contribution is -2.10. The SMILES string of the molecule is c1ccc(N(c2ccc3sc4ccccc4c3c2)c2ccc(-c3ccccc3-c3ccc4c(c3)oc3ccccc34)c3sc4ccccc4c23)cc1. The number of hydrogen-bond acceptors (Lipinski definition) is 4. The second-order valence-electron chi connectivity index (χ2n) is 13.2. The number of benzene rings is 8. The van der Waals surface area contributed by atoms with Crippen molar-refractivity contribution in [3.05, 3.63) is 176 Å². The van der Waals surface area contributed by atoms with E-state index in [1.807, 2.05) is 34.8 Å². The molecule has 8 aromatic carbocycles. The van der Waals surface area contributed by atoms with Gasteiger partial charge >= 0.3 is 0 Å². The number of rotatable bonds is 5. The molecule has 11 rings (SSSR count). The van der Waals surface area contributed by atoms with E-state index >= 15 is 0 Å². The van der Waals surface area contributed by atoms with Gasteiger partial charge in [0, 0.05) is 68.1 Å². The standard InChI is InChI=1S/C48H29NOS2/c1-2-12-31(13-3-1)49(32-23-27-46-40(29-32)37-17-7-10-20-44(37)51-46)41-26-25-38(48-47(41)39-18-8-11-21-45(39)52-48)34-15-5-4-14-33(34)30-22-24-36-35-16-6-9-19-42(35)50-43(36)28-30/h1-29H. The van der Waals surface area contributed by atoms with Crippen LogP contribution in [0.3, 0.4) is 0 Å². The highest BCUT2D eigenvalue weighted by Crippen LogP contribution is 2.50. The van der Waals surface area contributed by atoms with Crippen LogP contribution in [0.5, 0.6) is 0 Å². The molecule has 0 aliphatic carbocycles. The molecule has 244 valence electrons. The highest BCUT2D eigenvalue weighted by atomic mass is 32.1. The zero-order valence-corrected chi connectivity index (χ0v) is 29.5. The minimum Gasteiger partial charge on any atom is -0.456 e. The molecule has 0 saturated carbocycles. The van der Waals surface area contributed by atoms with E-state index in [0.717, 1.165) is 38.9 Å². The van der Waals surface area contributed by atoms with Crippen molar-refractivity contribution in [3.8, 4) is 22.3 Å². The Hall–Kier alpha value is -6.20. The summed E-state index contributed by atoms with van der Waals surface area (Å²) in [4.78, 5) is 2.44. The summed E-state index contributed by atoms with van der Waals surface area (Å²) >= 11 is 3.73. The fourth-order valence-electron chi connectivity index (χ4n) is 7.93. The predicted molar refractivity (Wildman–Crippen MR) is 225 cm³/mol. The first-order valence-electron chi connectivity index (χ1n) is 17.5. The Morgan fingerprint density at radius 1 is 0.385 bits per heavy atom. The van der Waals surface area contributed by atoms with Crippen LogP contribution in [0.2, 0.25) is 0 Å². The van der Waals surface area contributed by atoms with Gasteiger partial charge in [-0.3, -0.25) is 0 Å². The molecule has 0 aliphatic heterocycles. The van der Waals surface area contributed by atoms with Gasteiger partial charge in [-0.2, -0.15) is 0 Å². The van der Waals surface area contributed by atoms with E-state index in [4.69, 9.17) is 4.42 Å². The number of para-hydroxylation sites is 2. The Bertz CT molecular complexity index is 3150. The predicted octanol–water partition coefficient (Wildman–Crippen LogP) is 15.1. The molecule has 2 nitrogen and oxygen atoms in total. The van der Waals surface area contributed by atoms with Crippen LogP contribution >= 0.6 is 22.7 Å². The first-order chi connectivity index (χ1) is 25.8. The molecule has 0 atom stereocenters. The van der Waals surface area contributed by atoms with E-state index in [1.54, 1.807) is 0 Å². The van der Waals surface area contributed by atoms with Gasteiger partial charge in [0.15, 0.2) is 0 Å². The molecule has 0 aliphatic rings. The van der Waals surface area contributed by atoms with Crippen molar-refractivity contribution in [1.82, 2.24) is 0 Å². The normalized spacial score (nSPS) is 11.8. The zero-order chi connectivity index (χ0) is 34.2. The Balaban J connectivity index is 1.15.